The third kappa shape index (κ3) is 4.02. The van der Waals surface area contributed by atoms with Crippen LogP contribution in [0.15, 0.2) is 59.5 Å². The number of benzene rings is 2. The lowest BCUT2D eigenvalue weighted by atomic mass is 10.2. The van der Waals surface area contributed by atoms with Crippen molar-refractivity contribution in [1.29, 1.82) is 0 Å². The second kappa shape index (κ2) is 6.33. The van der Waals surface area contributed by atoms with Crippen LogP contribution in [0.25, 0.3) is 0 Å². The van der Waals surface area contributed by atoms with Crippen LogP contribution >= 0.6 is 8.60 Å². The van der Waals surface area contributed by atoms with Gasteiger partial charge in [-0.05, 0) is 29.8 Å². The first-order valence-corrected chi connectivity index (χ1v) is 8.52. The van der Waals surface area contributed by atoms with Gasteiger partial charge in [0.15, 0.2) is 9.84 Å². The van der Waals surface area contributed by atoms with Crippen molar-refractivity contribution in [1.82, 2.24) is 0 Å². The summed E-state index contributed by atoms with van der Waals surface area (Å²) in [5.41, 5.74) is 0.710. The molecule has 2 rings (SSSR count). The molecule has 0 radical (unpaired) electrons. The fraction of sp³-hybridized carbons (Fsp3) is 0.0769. The Labute approximate surface area is 118 Å². The Morgan fingerprint density at radius 3 is 2.10 bits per heavy atom. The van der Waals surface area contributed by atoms with Gasteiger partial charge in [-0.2, -0.15) is 0 Å². The molecule has 0 fully saturated rings. The van der Waals surface area contributed by atoms with E-state index in [-0.39, 0.29) is 16.4 Å². The zero-order valence-electron chi connectivity index (χ0n) is 10.4. The van der Waals surface area contributed by atoms with E-state index in [1.54, 1.807) is 24.3 Å². The molecule has 0 bridgehead atoms. The second-order valence-electron chi connectivity index (χ2n) is 4.06. The molecule has 0 amide bonds. The second-order valence-corrected chi connectivity index (χ2v) is 6.74. The van der Waals surface area contributed by atoms with Gasteiger partial charge >= 0.3 is 8.60 Å². The Bertz CT molecular complexity index is 653. The molecule has 0 atom stereocenters. The van der Waals surface area contributed by atoms with Crippen LogP contribution in [0, 0.1) is 0 Å². The lowest BCUT2D eigenvalue weighted by Crippen LogP contribution is -2.04. The van der Waals surface area contributed by atoms with Crippen molar-refractivity contribution in [2.24, 2.45) is 0 Å². The molecule has 0 unspecified atom stereocenters. The Morgan fingerprint density at radius 2 is 1.55 bits per heavy atom. The highest BCUT2D eigenvalue weighted by Gasteiger charge is 2.15. The first kappa shape index (κ1) is 14.9. The Hall–Kier alpha value is -1.46. The average Bonchev–Trinajstić information content (AvgIpc) is 2.39. The Kier molecular flexibility index (Phi) is 4.73. The van der Waals surface area contributed by atoms with Crippen molar-refractivity contribution in [3.63, 3.8) is 0 Å². The highest BCUT2D eigenvalue weighted by Crippen LogP contribution is 2.29. The van der Waals surface area contributed by atoms with E-state index < -0.39 is 18.4 Å². The Balaban J connectivity index is 2.17. The van der Waals surface area contributed by atoms with Gasteiger partial charge in [0.1, 0.15) is 5.75 Å². The molecule has 7 heteroatoms. The molecule has 0 aliphatic carbocycles. The number of hydrogen-bond acceptors (Lipinski definition) is 5. The van der Waals surface area contributed by atoms with E-state index in [1.807, 2.05) is 6.07 Å². The third-order valence-corrected chi connectivity index (χ3v) is 4.65. The van der Waals surface area contributed by atoms with Gasteiger partial charge in [0.25, 0.3) is 0 Å². The molecule has 20 heavy (non-hydrogen) atoms. The van der Waals surface area contributed by atoms with E-state index in [0.29, 0.717) is 5.56 Å². The third-order valence-electron chi connectivity index (χ3n) is 2.57. The smallest absolute Gasteiger partial charge is 0.391 e. The van der Waals surface area contributed by atoms with Gasteiger partial charge in [0, 0.05) is 0 Å². The molecular formula is C13H13O5PS. The summed E-state index contributed by atoms with van der Waals surface area (Å²) in [6.45, 7) is 0. The summed E-state index contributed by atoms with van der Waals surface area (Å²) in [7, 11) is -5.94. The van der Waals surface area contributed by atoms with Crippen LogP contribution in [0.4, 0.5) is 0 Å². The van der Waals surface area contributed by atoms with E-state index in [2.05, 4.69) is 4.52 Å². The summed E-state index contributed by atoms with van der Waals surface area (Å²) >= 11 is 0. The maximum Gasteiger partial charge on any atom is 0.391 e. The summed E-state index contributed by atoms with van der Waals surface area (Å²) in [5.74, 6) is 0.126. The molecule has 106 valence electrons. The molecule has 0 aliphatic rings. The van der Waals surface area contributed by atoms with Crippen LogP contribution in [0.1, 0.15) is 5.56 Å². The van der Waals surface area contributed by atoms with Crippen molar-refractivity contribution < 1.29 is 22.7 Å². The van der Waals surface area contributed by atoms with Crippen molar-refractivity contribution in [2.45, 2.75) is 10.6 Å². The molecule has 0 spiro atoms. The summed E-state index contributed by atoms with van der Waals surface area (Å²) < 4.78 is 29.1. The first-order valence-electron chi connectivity index (χ1n) is 5.70. The molecule has 0 heterocycles. The monoisotopic (exact) mass is 312 g/mol. The molecule has 0 saturated carbocycles. The number of sulfone groups is 1. The summed E-state index contributed by atoms with van der Waals surface area (Å²) in [6.07, 6.45) is 0. The molecule has 2 aromatic rings. The predicted octanol–water partition coefficient (Wildman–Crippen LogP) is 2.25. The van der Waals surface area contributed by atoms with E-state index >= 15 is 0 Å². The largest absolute Gasteiger partial charge is 0.427 e. The first-order chi connectivity index (χ1) is 9.47. The van der Waals surface area contributed by atoms with Crippen molar-refractivity contribution in [3.05, 3.63) is 60.2 Å². The highest BCUT2D eigenvalue weighted by molar-refractivity contribution is 7.90. The Morgan fingerprint density at radius 1 is 0.950 bits per heavy atom. The summed E-state index contributed by atoms with van der Waals surface area (Å²) in [4.78, 5) is 17.6. The molecule has 0 aliphatic heterocycles. The quantitative estimate of drug-likeness (QED) is 0.827. The van der Waals surface area contributed by atoms with Crippen LogP contribution in [-0.4, -0.2) is 18.2 Å². The van der Waals surface area contributed by atoms with Gasteiger partial charge in [0.2, 0.25) is 0 Å². The molecule has 2 N–H and O–H groups in total. The zero-order chi connectivity index (χ0) is 14.6. The van der Waals surface area contributed by atoms with Crippen LogP contribution in [0.5, 0.6) is 5.75 Å². The fourth-order valence-corrected chi connectivity index (χ4v) is 3.34. The van der Waals surface area contributed by atoms with Crippen LogP contribution < -0.4 is 4.52 Å². The zero-order valence-corrected chi connectivity index (χ0v) is 12.1. The predicted molar refractivity (Wildman–Crippen MR) is 75.8 cm³/mol. The highest BCUT2D eigenvalue weighted by atomic mass is 32.2. The van der Waals surface area contributed by atoms with Crippen molar-refractivity contribution in [3.8, 4) is 5.75 Å². The molecule has 0 saturated heterocycles. The van der Waals surface area contributed by atoms with Gasteiger partial charge < -0.3 is 14.3 Å². The standard InChI is InChI=1S/C13H13O5PS/c14-19(15)18-12-6-8-13(9-7-12)20(16,17)10-11-4-2-1-3-5-11/h1-9,14-15H,10H2. The molecule has 5 nitrogen and oxygen atoms in total. The normalized spacial score (nSPS) is 11.6. The molecule has 2 aromatic carbocycles. The number of hydrogen-bond donors (Lipinski definition) is 2. The van der Waals surface area contributed by atoms with E-state index in [0.717, 1.165) is 0 Å². The number of rotatable bonds is 5. The lowest BCUT2D eigenvalue weighted by Gasteiger charge is -2.07. The maximum atomic E-state index is 12.2. The van der Waals surface area contributed by atoms with Crippen LogP contribution in [0.2, 0.25) is 0 Å². The topological polar surface area (TPSA) is 83.8 Å². The van der Waals surface area contributed by atoms with Crippen molar-refractivity contribution in [2.75, 3.05) is 0 Å². The minimum absolute atomic E-state index is 0.0826. The average molecular weight is 312 g/mol. The SMILES string of the molecule is O=S(=O)(Cc1ccccc1)c1ccc(OP(O)O)cc1. The van der Waals surface area contributed by atoms with Crippen molar-refractivity contribution >= 4 is 18.4 Å². The van der Waals surface area contributed by atoms with Crippen LogP contribution in [0.3, 0.4) is 0 Å². The fourth-order valence-electron chi connectivity index (χ4n) is 1.68. The lowest BCUT2D eigenvalue weighted by molar-refractivity contribution is 0.375. The van der Waals surface area contributed by atoms with E-state index in [4.69, 9.17) is 9.79 Å². The molecular weight excluding hydrogens is 299 g/mol. The van der Waals surface area contributed by atoms with Gasteiger partial charge in [-0.3, -0.25) is 0 Å². The maximum absolute atomic E-state index is 12.2. The van der Waals surface area contributed by atoms with E-state index in [1.165, 1.54) is 24.3 Å². The summed E-state index contributed by atoms with van der Waals surface area (Å²) in [5, 5.41) is 0. The van der Waals surface area contributed by atoms with Crippen LogP contribution in [-0.2, 0) is 15.6 Å². The molecule has 0 aromatic heterocycles. The minimum Gasteiger partial charge on any atom is -0.427 e. The van der Waals surface area contributed by atoms with E-state index in [9.17, 15) is 8.42 Å². The van der Waals surface area contributed by atoms with Gasteiger partial charge in [-0.15, -0.1) is 0 Å². The van der Waals surface area contributed by atoms with Gasteiger partial charge in [-0.1, -0.05) is 30.3 Å². The minimum atomic E-state index is -3.43. The van der Waals surface area contributed by atoms with Gasteiger partial charge in [0.05, 0.1) is 10.6 Å². The summed E-state index contributed by atoms with van der Waals surface area (Å²) in [6, 6.07) is 14.4. The van der Waals surface area contributed by atoms with Gasteiger partial charge in [-0.25, -0.2) is 8.42 Å².